The van der Waals surface area contributed by atoms with E-state index in [2.05, 4.69) is 24.8 Å². The molecule has 0 saturated carbocycles. The minimum absolute atomic E-state index is 0.00759. The number of carbonyl (C=O) groups is 2. The maximum atomic E-state index is 13.3. The molecule has 0 radical (unpaired) electrons. The second-order valence-corrected chi connectivity index (χ2v) is 9.88. The minimum atomic E-state index is -1.16. The maximum Gasteiger partial charge on any atom is 0.340 e. The molecule has 2 heterocycles. The van der Waals surface area contributed by atoms with Crippen molar-refractivity contribution in [3.63, 3.8) is 0 Å². The third-order valence-electron chi connectivity index (χ3n) is 7.84. The van der Waals surface area contributed by atoms with Crippen LogP contribution in [0, 0.1) is 0 Å². The lowest BCUT2D eigenvalue weighted by molar-refractivity contribution is 0.0224. The third-order valence-corrected chi connectivity index (χ3v) is 7.84. The Kier molecular flexibility index (Phi) is 5.91. The first-order chi connectivity index (χ1) is 18.9. The van der Waals surface area contributed by atoms with Gasteiger partial charge in [-0.1, -0.05) is 30.3 Å². The van der Waals surface area contributed by atoms with Crippen molar-refractivity contribution in [3.05, 3.63) is 113 Å². The molecule has 2 aliphatic heterocycles. The summed E-state index contributed by atoms with van der Waals surface area (Å²) in [5.41, 5.74) is 5.03. The van der Waals surface area contributed by atoms with Crippen molar-refractivity contribution in [2.24, 2.45) is 0 Å². The van der Waals surface area contributed by atoms with Crippen LogP contribution in [0.1, 0.15) is 58.2 Å². The number of Topliss-reactive ketones (excluding diaryl/α,β-unsaturated/α-hetero) is 1. The normalized spacial score (nSPS) is 16.6. The van der Waals surface area contributed by atoms with Crippen molar-refractivity contribution >= 4 is 28.8 Å². The van der Waals surface area contributed by atoms with Crippen LogP contribution in [0.4, 0.5) is 17.1 Å². The average molecular weight is 519 g/mol. The molecule has 0 fully saturated rings. The molecule has 1 spiro atoms. The molecule has 4 aromatic rings. The molecule has 0 saturated heterocycles. The summed E-state index contributed by atoms with van der Waals surface area (Å²) >= 11 is 0. The standard InChI is InChI=1S/C33H30N2O4/c1-5-35(6-2)23-15-17-27-31(20-23)38-30-18-16-22(34(4)29-14-10-8-11-24(29)21(3)36)19-28(30)33(27)26-13-9-7-12-25(26)32(37)39-33/h7-20H,5-6H2,1-4H3. The number of hydrogen-bond donors (Lipinski definition) is 0. The number of anilines is 3. The van der Waals surface area contributed by atoms with Crippen molar-refractivity contribution in [2.45, 2.75) is 26.4 Å². The molecule has 39 heavy (non-hydrogen) atoms. The first-order valence-corrected chi connectivity index (χ1v) is 13.3. The van der Waals surface area contributed by atoms with Gasteiger partial charge in [0.15, 0.2) is 11.4 Å². The molecule has 0 aliphatic carbocycles. The fourth-order valence-corrected chi connectivity index (χ4v) is 5.85. The van der Waals surface area contributed by atoms with E-state index in [1.165, 1.54) is 0 Å². The lowest BCUT2D eigenvalue weighted by Gasteiger charge is -2.38. The zero-order valence-electron chi connectivity index (χ0n) is 22.5. The highest BCUT2D eigenvalue weighted by atomic mass is 16.6. The Hall–Kier alpha value is -4.58. The largest absolute Gasteiger partial charge is 0.456 e. The average Bonchev–Trinajstić information content (AvgIpc) is 3.26. The van der Waals surface area contributed by atoms with Crippen LogP contribution in [0.2, 0.25) is 0 Å². The highest BCUT2D eigenvalue weighted by molar-refractivity contribution is 6.00. The first-order valence-electron chi connectivity index (χ1n) is 13.3. The van der Waals surface area contributed by atoms with Gasteiger partial charge in [0.1, 0.15) is 11.5 Å². The molecule has 0 bridgehead atoms. The van der Waals surface area contributed by atoms with Crippen LogP contribution in [-0.2, 0) is 10.3 Å². The quantitative estimate of drug-likeness (QED) is 0.201. The Balaban J connectivity index is 1.57. The van der Waals surface area contributed by atoms with Gasteiger partial charge in [-0.3, -0.25) is 4.79 Å². The summed E-state index contributed by atoms with van der Waals surface area (Å²) < 4.78 is 12.9. The Labute approximate surface area is 228 Å². The lowest BCUT2D eigenvalue weighted by Crippen LogP contribution is -2.33. The van der Waals surface area contributed by atoms with E-state index in [-0.39, 0.29) is 11.8 Å². The maximum absolute atomic E-state index is 13.3. The zero-order chi connectivity index (χ0) is 27.3. The molecule has 0 aromatic heterocycles. The summed E-state index contributed by atoms with van der Waals surface area (Å²) in [5, 5.41) is 0. The first kappa shape index (κ1) is 24.7. The van der Waals surface area contributed by atoms with Gasteiger partial charge in [0.05, 0.1) is 11.3 Å². The molecule has 6 heteroatoms. The number of carbonyl (C=O) groups excluding carboxylic acids is 2. The van der Waals surface area contributed by atoms with Crippen molar-refractivity contribution in [3.8, 4) is 11.5 Å². The monoisotopic (exact) mass is 518 g/mol. The number of para-hydroxylation sites is 1. The summed E-state index contributed by atoms with van der Waals surface area (Å²) in [6.07, 6.45) is 0. The van der Waals surface area contributed by atoms with Crippen LogP contribution in [0.25, 0.3) is 0 Å². The van der Waals surface area contributed by atoms with E-state index in [0.717, 1.165) is 46.8 Å². The molecule has 1 unspecified atom stereocenters. The molecule has 2 aliphatic rings. The Bertz CT molecular complexity index is 1620. The summed E-state index contributed by atoms with van der Waals surface area (Å²) in [5.74, 6) is 0.921. The molecule has 4 aromatic carbocycles. The molecule has 6 rings (SSSR count). The summed E-state index contributed by atoms with van der Waals surface area (Å²) in [6.45, 7) is 7.55. The SMILES string of the molecule is CCN(CC)c1ccc2c(c1)Oc1ccc(N(C)c3ccccc3C(C)=O)cc1C21OC(=O)c2ccccc21. The number of ether oxygens (including phenoxy) is 2. The minimum Gasteiger partial charge on any atom is -0.456 e. The van der Waals surface area contributed by atoms with Crippen LogP contribution in [0.5, 0.6) is 11.5 Å². The van der Waals surface area contributed by atoms with Crippen molar-refractivity contribution < 1.29 is 19.1 Å². The van der Waals surface area contributed by atoms with E-state index in [0.29, 0.717) is 22.6 Å². The number of hydrogen-bond acceptors (Lipinski definition) is 6. The van der Waals surface area contributed by atoms with Gasteiger partial charge in [-0.15, -0.1) is 0 Å². The highest BCUT2D eigenvalue weighted by Gasteiger charge is 2.53. The van der Waals surface area contributed by atoms with Crippen molar-refractivity contribution in [1.29, 1.82) is 0 Å². The number of ketones is 1. The predicted molar refractivity (Wildman–Crippen MR) is 153 cm³/mol. The van der Waals surface area contributed by atoms with Gasteiger partial charge >= 0.3 is 5.97 Å². The number of rotatable bonds is 6. The van der Waals surface area contributed by atoms with Gasteiger partial charge in [0.25, 0.3) is 0 Å². The zero-order valence-corrected chi connectivity index (χ0v) is 22.5. The molecule has 0 amide bonds. The Morgan fingerprint density at radius 2 is 1.51 bits per heavy atom. The highest BCUT2D eigenvalue weighted by Crippen LogP contribution is 2.57. The van der Waals surface area contributed by atoms with E-state index in [1.807, 2.05) is 90.8 Å². The second-order valence-electron chi connectivity index (χ2n) is 9.88. The van der Waals surface area contributed by atoms with Gasteiger partial charge in [-0.2, -0.15) is 0 Å². The van der Waals surface area contributed by atoms with E-state index in [4.69, 9.17) is 9.47 Å². The van der Waals surface area contributed by atoms with Gasteiger partial charge in [-0.05, 0) is 69.3 Å². The number of nitrogens with zero attached hydrogens (tertiary/aromatic N) is 2. The van der Waals surface area contributed by atoms with Gasteiger partial charge in [0, 0.05) is 59.8 Å². The summed E-state index contributed by atoms with van der Waals surface area (Å²) in [7, 11) is 1.93. The number of benzene rings is 4. The van der Waals surface area contributed by atoms with Crippen LogP contribution < -0.4 is 14.5 Å². The Morgan fingerprint density at radius 3 is 2.28 bits per heavy atom. The van der Waals surface area contributed by atoms with Gasteiger partial charge in [-0.25, -0.2) is 4.79 Å². The summed E-state index contributed by atoms with van der Waals surface area (Å²) in [4.78, 5) is 29.9. The molecular formula is C33H30N2O4. The predicted octanol–water partition coefficient (Wildman–Crippen LogP) is 7.07. The number of fused-ring (bicyclic) bond motifs is 6. The summed E-state index contributed by atoms with van der Waals surface area (Å²) in [6, 6.07) is 27.1. The Morgan fingerprint density at radius 1 is 0.795 bits per heavy atom. The topological polar surface area (TPSA) is 59.1 Å². The van der Waals surface area contributed by atoms with Crippen LogP contribution in [0.15, 0.2) is 84.9 Å². The van der Waals surface area contributed by atoms with E-state index in [9.17, 15) is 9.59 Å². The van der Waals surface area contributed by atoms with Crippen LogP contribution in [-0.4, -0.2) is 31.9 Å². The van der Waals surface area contributed by atoms with E-state index < -0.39 is 5.60 Å². The van der Waals surface area contributed by atoms with Gasteiger partial charge < -0.3 is 19.3 Å². The third kappa shape index (κ3) is 3.70. The molecule has 196 valence electrons. The molecule has 0 N–H and O–H groups in total. The fraction of sp³-hybridized carbons (Fsp3) is 0.212. The molecule has 6 nitrogen and oxygen atoms in total. The molecular weight excluding hydrogens is 488 g/mol. The van der Waals surface area contributed by atoms with Crippen molar-refractivity contribution in [2.75, 3.05) is 29.9 Å². The smallest absolute Gasteiger partial charge is 0.340 e. The molecule has 1 atom stereocenters. The number of esters is 1. The van der Waals surface area contributed by atoms with Crippen LogP contribution in [0.3, 0.4) is 0 Å². The van der Waals surface area contributed by atoms with Gasteiger partial charge in [0.2, 0.25) is 0 Å². The van der Waals surface area contributed by atoms with E-state index in [1.54, 1.807) is 6.92 Å². The van der Waals surface area contributed by atoms with Crippen molar-refractivity contribution in [1.82, 2.24) is 0 Å². The lowest BCUT2D eigenvalue weighted by atomic mass is 9.77. The second kappa shape index (κ2) is 9.31. The van der Waals surface area contributed by atoms with E-state index >= 15 is 0 Å². The van der Waals surface area contributed by atoms with Crippen LogP contribution >= 0.6 is 0 Å². The fourth-order valence-electron chi connectivity index (χ4n) is 5.85.